The summed E-state index contributed by atoms with van der Waals surface area (Å²) in [6, 6.07) is 7.72. The molecule has 1 saturated heterocycles. The zero-order valence-electron chi connectivity index (χ0n) is 18.4. The lowest BCUT2D eigenvalue weighted by Gasteiger charge is -2.34. The molecule has 32 heavy (non-hydrogen) atoms. The van der Waals surface area contributed by atoms with Crippen molar-refractivity contribution in [3.05, 3.63) is 35.1 Å². The Morgan fingerprint density at radius 1 is 1.06 bits per heavy atom. The van der Waals surface area contributed by atoms with Crippen LogP contribution < -0.4 is 4.90 Å². The van der Waals surface area contributed by atoms with Crippen LogP contribution in [0.15, 0.2) is 24.3 Å². The summed E-state index contributed by atoms with van der Waals surface area (Å²) in [5, 5.41) is 0.650. The van der Waals surface area contributed by atoms with E-state index < -0.39 is 0 Å². The third-order valence-electron chi connectivity index (χ3n) is 5.61. The zero-order valence-corrected chi connectivity index (χ0v) is 20.0. The molecule has 10 heteroatoms. The molecule has 0 saturated carbocycles. The van der Waals surface area contributed by atoms with E-state index in [0.29, 0.717) is 30.5 Å². The Bertz CT molecular complexity index is 1040. The van der Waals surface area contributed by atoms with Gasteiger partial charge in [0.15, 0.2) is 17.0 Å². The maximum Gasteiger partial charge on any atom is 0.166 e. The Kier molecular flexibility index (Phi) is 8.64. The number of benzene rings is 1. The van der Waals surface area contributed by atoms with Crippen molar-refractivity contribution in [2.75, 3.05) is 58.0 Å². The van der Waals surface area contributed by atoms with Crippen LogP contribution in [-0.4, -0.2) is 77.5 Å². The van der Waals surface area contributed by atoms with E-state index in [9.17, 15) is 4.39 Å². The van der Waals surface area contributed by atoms with Gasteiger partial charge in [0.05, 0.1) is 5.02 Å². The highest BCUT2D eigenvalue weighted by Gasteiger charge is 2.25. The molecule has 1 aromatic carbocycles. The molecule has 0 radical (unpaired) electrons. The molecule has 174 valence electrons. The number of alkyl halides is 1. The molecule has 0 N–H and O–H groups in total. The molecule has 7 nitrogen and oxygen atoms in total. The van der Waals surface area contributed by atoms with Crippen molar-refractivity contribution in [2.24, 2.45) is 0 Å². The summed E-state index contributed by atoms with van der Waals surface area (Å²) in [6.45, 7) is 6.61. The minimum atomic E-state index is -0.316. The third-order valence-corrected chi connectivity index (χ3v) is 5.94. The van der Waals surface area contributed by atoms with Gasteiger partial charge in [-0.1, -0.05) is 23.7 Å². The molecule has 1 fully saturated rings. The first kappa shape index (κ1) is 24.6. The van der Waals surface area contributed by atoms with Crippen LogP contribution in [-0.2, 0) is 11.3 Å². The highest BCUT2D eigenvalue weighted by molar-refractivity contribution is 6.33. The zero-order chi connectivity index (χ0) is 21.8. The highest BCUT2D eigenvalue weighted by atomic mass is 35.5. The topological polar surface area (TPSA) is 59.3 Å². The molecular weight excluding hydrogens is 454 g/mol. The number of hydrogen-bond acceptors (Lipinski definition) is 6. The Balaban J connectivity index is 0.00000289. The van der Waals surface area contributed by atoms with Gasteiger partial charge >= 0.3 is 0 Å². The maximum atomic E-state index is 12.7. The first-order chi connectivity index (χ1) is 15.1. The first-order valence-corrected chi connectivity index (χ1v) is 11.0. The number of aromatic nitrogens is 4. The van der Waals surface area contributed by atoms with Crippen LogP contribution in [0, 0.1) is 6.92 Å². The van der Waals surface area contributed by atoms with Crippen LogP contribution >= 0.6 is 24.0 Å². The molecular formula is C22H29Cl2FN6O. The smallest absolute Gasteiger partial charge is 0.166 e. The fourth-order valence-electron chi connectivity index (χ4n) is 4.04. The van der Waals surface area contributed by atoms with Gasteiger partial charge in [0.2, 0.25) is 0 Å². The molecule has 3 aromatic rings. The number of fused-ring (bicyclic) bond motifs is 1. The standard InChI is InChI=1S/C22H28ClFN6O.ClH/c1-16-25-21(29-13-11-28(10-8-24)12-14-29)19-22(26-16)30(9-5-15-31-2)20(27-19)17-6-3-4-7-18(17)23;/h3-4,6-7H,5,8-15H2,1-2H3;1H. The highest BCUT2D eigenvalue weighted by Crippen LogP contribution is 2.33. The summed E-state index contributed by atoms with van der Waals surface area (Å²) < 4.78 is 20.1. The second-order valence-electron chi connectivity index (χ2n) is 7.70. The second kappa shape index (κ2) is 11.2. The summed E-state index contributed by atoms with van der Waals surface area (Å²) >= 11 is 6.52. The predicted molar refractivity (Wildman–Crippen MR) is 129 cm³/mol. The Morgan fingerprint density at radius 3 is 2.50 bits per heavy atom. The minimum Gasteiger partial charge on any atom is -0.385 e. The number of anilines is 1. The van der Waals surface area contributed by atoms with Gasteiger partial charge < -0.3 is 14.2 Å². The number of aryl methyl sites for hydroxylation is 2. The molecule has 0 bridgehead atoms. The monoisotopic (exact) mass is 482 g/mol. The van der Waals surface area contributed by atoms with E-state index in [1.54, 1.807) is 7.11 Å². The van der Waals surface area contributed by atoms with E-state index >= 15 is 0 Å². The van der Waals surface area contributed by atoms with Crippen LogP contribution in [0.25, 0.3) is 22.6 Å². The number of halogens is 3. The summed E-state index contributed by atoms with van der Waals surface area (Å²) in [6.07, 6.45) is 0.833. The van der Waals surface area contributed by atoms with Gasteiger partial charge in [-0.25, -0.2) is 19.3 Å². The van der Waals surface area contributed by atoms with Crippen molar-refractivity contribution in [3.63, 3.8) is 0 Å². The van der Waals surface area contributed by atoms with Crippen molar-refractivity contribution in [1.29, 1.82) is 0 Å². The molecule has 1 aliphatic heterocycles. The van der Waals surface area contributed by atoms with E-state index in [1.165, 1.54) is 0 Å². The molecule has 0 aliphatic carbocycles. The normalized spacial score (nSPS) is 14.7. The van der Waals surface area contributed by atoms with Crippen LogP contribution in [0.4, 0.5) is 10.2 Å². The number of imidazole rings is 1. The summed E-state index contributed by atoms with van der Waals surface area (Å²) in [7, 11) is 1.70. The Hall–Kier alpha value is -2.00. The van der Waals surface area contributed by atoms with Gasteiger partial charge in [-0.05, 0) is 25.5 Å². The van der Waals surface area contributed by atoms with Crippen LogP contribution in [0.1, 0.15) is 12.2 Å². The number of nitrogens with zero attached hydrogens (tertiary/aromatic N) is 6. The lowest BCUT2D eigenvalue weighted by atomic mass is 10.2. The molecule has 4 rings (SSSR count). The number of rotatable bonds is 8. The van der Waals surface area contributed by atoms with Gasteiger partial charge in [-0.2, -0.15) is 0 Å². The van der Waals surface area contributed by atoms with Crippen molar-refractivity contribution in [3.8, 4) is 11.4 Å². The quantitative estimate of drug-likeness (QED) is 0.452. The average Bonchev–Trinajstić information content (AvgIpc) is 3.12. The van der Waals surface area contributed by atoms with E-state index in [1.807, 2.05) is 31.2 Å². The van der Waals surface area contributed by atoms with E-state index in [0.717, 1.165) is 61.0 Å². The number of methoxy groups -OCH3 is 1. The van der Waals surface area contributed by atoms with Crippen LogP contribution in [0.5, 0.6) is 0 Å². The predicted octanol–water partition coefficient (Wildman–Crippen LogP) is 4.00. The molecule has 0 spiro atoms. The van der Waals surface area contributed by atoms with Gasteiger partial charge in [-0.15, -0.1) is 12.4 Å². The van der Waals surface area contributed by atoms with Gasteiger partial charge in [-0.3, -0.25) is 4.90 Å². The van der Waals surface area contributed by atoms with E-state index in [2.05, 4.69) is 14.4 Å². The van der Waals surface area contributed by atoms with Crippen molar-refractivity contribution >= 4 is 41.0 Å². The lowest BCUT2D eigenvalue weighted by molar-refractivity contribution is 0.191. The molecule has 0 unspecified atom stereocenters. The lowest BCUT2D eigenvalue weighted by Crippen LogP contribution is -2.47. The third kappa shape index (κ3) is 5.14. The van der Waals surface area contributed by atoms with Crippen molar-refractivity contribution in [2.45, 2.75) is 19.9 Å². The number of ether oxygens (including phenoxy) is 1. The molecule has 0 atom stereocenters. The van der Waals surface area contributed by atoms with E-state index in [-0.39, 0.29) is 19.1 Å². The van der Waals surface area contributed by atoms with Gasteiger partial charge in [0.25, 0.3) is 0 Å². The maximum absolute atomic E-state index is 12.7. The van der Waals surface area contributed by atoms with Crippen LogP contribution in [0.3, 0.4) is 0 Å². The summed E-state index contributed by atoms with van der Waals surface area (Å²) in [5.74, 6) is 2.32. The minimum absolute atomic E-state index is 0. The average molecular weight is 483 g/mol. The van der Waals surface area contributed by atoms with Crippen LogP contribution in [0.2, 0.25) is 5.02 Å². The van der Waals surface area contributed by atoms with Gasteiger partial charge in [0.1, 0.15) is 18.3 Å². The fourth-order valence-corrected chi connectivity index (χ4v) is 4.26. The largest absolute Gasteiger partial charge is 0.385 e. The summed E-state index contributed by atoms with van der Waals surface area (Å²) in [4.78, 5) is 18.9. The molecule has 0 amide bonds. The number of piperazine rings is 1. The number of hydrogen-bond donors (Lipinski definition) is 0. The second-order valence-corrected chi connectivity index (χ2v) is 8.10. The Morgan fingerprint density at radius 2 is 1.81 bits per heavy atom. The fraction of sp³-hybridized carbons (Fsp3) is 0.500. The molecule has 3 heterocycles. The first-order valence-electron chi connectivity index (χ1n) is 10.6. The van der Waals surface area contributed by atoms with Crippen molar-refractivity contribution in [1.82, 2.24) is 24.4 Å². The SMILES string of the molecule is COCCCn1c(-c2ccccc2Cl)nc2c(N3CCN(CCF)CC3)nc(C)nc21.Cl. The molecule has 1 aliphatic rings. The van der Waals surface area contributed by atoms with E-state index in [4.69, 9.17) is 31.3 Å². The Labute approximate surface area is 199 Å². The van der Waals surface area contributed by atoms with Crippen molar-refractivity contribution < 1.29 is 9.13 Å². The summed E-state index contributed by atoms with van der Waals surface area (Å²) in [5.41, 5.74) is 2.45. The van der Waals surface area contributed by atoms with Gasteiger partial charge in [0, 0.05) is 58.5 Å². The molecule has 2 aromatic heterocycles.